The minimum atomic E-state index is -0.416. The number of hydrogen-bond acceptors (Lipinski definition) is 5. The van der Waals surface area contributed by atoms with Gasteiger partial charge < -0.3 is 9.30 Å². The molecule has 0 aliphatic carbocycles. The summed E-state index contributed by atoms with van der Waals surface area (Å²) >= 11 is 1.50. The number of carbonyl (C=O) groups excluding carboxylic acids is 2. The third-order valence-electron chi connectivity index (χ3n) is 4.63. The van der Waals surface area contributed by atoms with Crippen molar-refractivity contribution in [2.45, 2.75) is 13.5 Å². The maximum absolute atomic E-state index is 13.1. The largest absolute Gasteiger partial charge is 0.465 e. The van der Waals surface area contributed by atoms with E-state index in [0.717, 1.165) is 21.1 Å². The number of fused-ring (bicyclic) bond motifs is 2. The van der Waals surface area contributed by atoms with Crippen LogP contribution in [0.1, 0.15) is 17.3 Å². The predicted octanol–water partition coefficient (Wildman–Crippen LogP) is 4.09. The lowest BCUT2D eigenvalue weighted by Crippen LogP contribution is -2.33. The topological polar surface area (TPSA) is 64.4 Å². The number of thiazole rings is 1. The van der Waals surface area contributed by atoms with Gasteiger partial charge in [-0.05, 0) is 25.1 Å². The van der Waals surface area contributed by atoms with Gasteiger partial charge in [0, 0.05) is 23.6 Å². The van der Waals surface area contributed by atoms with Crippen LogP contribution in [0.25, 0.3) is 21.1 Å². The Bertz CT molecular complexity index is 1150. The van der Waals surface area contributed by atoms with Crippen molar-refractivity contribution in [1.29, 1.82) is 0 Å². The summed E-state index contributed by atoms with van der Waals surface area (Å²) in [4.78, 5) is 31.4. The molecule has 1 amide bonds. The van der Waals surface area contributed by atoms with Crippen molar-refractivity contribution in [3.05, 3.63) is 60.3 Å². The predicted molar refractivity (Wildman–Crippen MR) is 111 cm³/mol. The Hall–Kier alpha value is -3.19. The molecule has 0 radical (unpaired) electrons. The lowest BCUT2D eigenvalue weighted by Gasteiger charge is -2.18. The van der Waals surface area contributed by atoms with Crippen LogP contribution in [0.4, 0.5) is 5.13 Å². The van der Waals surface area contributed by atoms with Crippen molar-refractivity contribution in [3.8, 4) is 0 Å². The van der Waals surface area contributed by atoms with Gasteiger partial charge in [0.2, 0.25) is 5.91 Å². The highest BCUT2D eigenvalue weighted by atomic mass is 32.1. The molecular weight excluding hydrogens is 374 g/mol. The lowest BCUT2D eigenvalue weighted by molar-refractivity contribution is -0.119. The smallest absolute Gasteiger partial charge is 0.340 e. The van der Waals surface area contributed by atoms with Gasteiger partial charge >= 0.3 is 5.97 Å². The monoisotopic (exact) mass is 393 g/mol. The van der Waals surface area contributed by atoms with E-state index in [4.69, 9.17) is 4.74 Å². The number of hydrogen-bond donors (Lipinski definition) is 0. The van der Waals surface area contributed by atoms with Gasteiger partial charge in [0.25, 0.3) is 0 Å². The second kappa shape index (κ2) is 7.44. The molecule has 0 atom stereocenters. The molecular formula is C21H19N3O3S. The second-order valence-corrected chi connectivity index (χ2v) is 7.29. The number of rotatable bonds is 5. The number of carbonyl (C=O) groups is 2. The molecule has 0 N–H and O–H groups in total. The summed E-state index contributed by atoms with van der Waals surface area (Å²) < 4.78 is 7.71. The maximum Gasteiger partial charge on any atom is 0.340 e. The summed E-state index contributed by atoms with van der Waals surface area (Å²) in [6.45, 7) is 2.56. The zero-order chi connectivity index (χ0) is 19.7. The minimum Gasteiger partial charge on any atom is -0.465 e. The highest BCUT2D eigenvalue weighted by Crippen LogP contribution is 2.29. The maximum atomic E-state index is 13.1. The zero-order valence-corrected chi connectivity index (χ0v) is 16.4. The normalized spacial score (nSPS) is 11.1. The first kappa shape index (κ1) is 18.2. The molecule has 2 aromatic heterocycles. The summed E-state index contributed by atoms with van der Waals surface area (Å²) in [5.41, 5.74) is 2.15. The van der Waals surface area contributed by atoms with Crippen molar-refractivity contribution < 1.29 is 14.3 Å². The number of para-hydroxylation sites is 2. The van der Waals surface area contributed by atoms with E-state index < -0.39 is 5.97 Å². The number of ether oxygens (including phenoxy) is 1. The summed E-state index contributed by atoms with van der Waals surface area (Å²) in [5, 5.41) is 1.45. The third-order valence-corrected chi connectivity index (χ3v) is 5.69. The number of likely N-dealkylation sites (N-methyl/N-ethyl adjacent to an activating group) is 1. The van der Waals surface area contributed by atoms with E-state index in [-0.39, 0.29) is 12.5 Å². The van der Waals surface area contributed by atoms with E-state index in [2.05, 4.69) is 4.98 Å². The standard InChI is InChI=1S/C21H19N3O3S/c1-3-24(21-22-16-9-5-7-11-18(16)28-21)19(25)13-23-12-15(20(26)27-2)14-8-4-6-10-17(14)23/h4-12H,3,13H2,1-2H3. The molecule has 4 aromatic rings. The van der Waals surface area contributed by atoms with Crippen LogP contribution in [0.5, 0.6) is 0 Å². The van der Waals surface area contributed by atoms with E-state index in [9.17, 15) is 9.59 Å². The minimum absolute atomic E-state index is 0.0845. The molecule has 0 spiro atoms. The van der Waals surface area contributed by atoms with Crippen molar-refractivity contribution in [2.75, 3.05) is 18.6 Å². The van der Waals surface area contributed by atoms with Crippen LogP contribution in [0.3, 0.4) is 0 Å². The molecule has 0 unspecified atom stereocenters. The number of amides is 1. The Labute approximate surface area is 166 Å². The highest BCUT2D eigenvalue weighted by Gasteiger charge is 2.21. The fourth-order valence-corrected chi connectivity index (χ4v) is 4.32. The van der Waals surface area contributed by atoms with Crippen LogP contribution in [-0.2, 0) is 16.1 Å². The SMILES string of the molecule is CCN(C(=O)Cn1cc(C(=O)OC)c2ccccc21)c1nc2ccccc2s1. The highest BCUT2D eigenvalue weighted by molar-refractivity contribution is 7.22. The zero-order valence-electron chi connectivity index (χ0n) is 15.6. The molecule has 28 heavy (non-hydrogen) atoms. The summed E-state index contributed by atoms with van der Waals surface area (Å²) in [7, 11) is 1.35. The number of methoxy groups -OCH3 is 1. The molecule has 2 heterocycles. The van der Waals surface area contributed by atoms with E-state index in [1.165, 1.54) is 18.4 Å². The average Bonchev–Trinajstić information content (AvgIpc) is 3.30. The van der Waals surface area contributed by atoms with Crippen molar-refractivity contribution in [1.82, 2.24) is 9.55 Å². The van der Waals surface area contributed by atoms with E-state index in [1.54, 1.807) is 15.7 Å². The number of nitrogens with zero attached hydrogens (tertiary/aromatic N) is 3. The Balaban J connectivity index is 1.68. The lowest BCUT2D eigenvalue weighted by atomic mass is 10.2. The van der Waals surface area contributed by atoms with E-state index in [1.807, 2.05) is 55.5 Å². The Kier molecular flexibility index (Phi) is 4.83. The molecule has 0 saturated carbocycles. The Morgan fingerprint density at radius 1 is 1.14 bits per heavy atom. The van der Waals surface area contributed by atoms with Gasteiger partial charge in [-0.15, -0.1) is 0 Å². The fourth-order valence-electron chi connectivity index (χ4n) is 3.28. The summed E-state index contributed by atoms with van der Waals surface area (Å²) in [6.07, 6.45) is 1.68. The first-order chi connectivity index (χ1) is 13.6. The van der Waals surface area contributed by atoms with Gasteiger partial charge in [-0.1, -0.05) is 41.7 Å². The van der Waals surface area contributed by atoms with Crippen molar-refractivity contribution >= 4 is 49.5 Å². The van der Waals surface area contributed by atoms with Gasteiger partial charge in [-0.3, -0.25) is 9.69 Å². The molecule has 0 saturated heterocycles. The average molecular weight is 393 g/mol. The number of esters is 1. The molecule has 7 heteroatoms. The van der Waals surface area contributed by atoms with Crippen LogP contribution < -0.4 is 4.90 Å². The molecule has 142 valence electrons. The Morgan fingerprint density at radius 2 is 1.89 bits per heavy atom. The Morgan fingerprint density at radius 3 is 2.64 bits per heavy atom. The van der Waals surface area contributed by atoms with Gasteiger partial charge in [0.05, 0.1) is 22.9 Å². The molecule has 0 bridgehead atoms. The van der Waals surface area contributed by atoms with Gasteiger partial charge in [-0.2, -0.15) is 0 Å². The summed E-state index contributed by atoms with van der Waals surface area (Å²) in [6, 6.07) is 15.3. The van der Waals surface area contributed by atoms with Crippen LogP contribution in [0, 0.1) is 0 Å². The number of benzene rings is 2. The first-order valence-corrected chi connectivity index (χ1v) is 9.76. The van der Waals surface area contributed by atoms with Gasteiger partial charge in [0.1, 0.15) is 6.54 Å². The van der Waals surface area contributed by atoms with Crippen molar-refractivity contribution in [3.63, 3.8) is 0 Å². The van der Waals surface area contributed by atoms with Gasteiger partial charge in [-0.25, -0.2) is 9.78 Å². The van der Waals surface area contributed by atoms with Gasteiger partial charge in [0.15, 0.2) is 5.13 Å². The number of aromatic nitrogens is 2. The second-order valence-electron chi connectivity index (χ2n) is 6.28. The molecule has 4 rings (SSSR count). The molecule has 0 aliphatic heterocycles. The molecule has 0 aliphatic rings. The fraction of sp³-hybridized carbons (Fsp3) is 0.190. The van der Waals surface area contributed by atoms with E-state index >= 15 is 0 Å². The van der Waals surface area contributed by atoms with E-state index in [0.29, 0.717) is 17.2 Å². The number of anilines is 1. The van der Waals surface area contributed by atoms with Crippen LogP contribution >= 0.6 is 11.3 Å². The van der Waals surface area contributed by atoms with Crippen molar-refractivity contribution in [2.24, 2.45) is 0 Å². The van der Waals surface area contributed by atoms with Crippen LogP contribution in [0.2, 0.25) is 0 Å². The van der Waals surface area contributed by atoms with Crippen LogP contribution in [0.15, 0.2) is 54.7 Å². The molecule has 6 nitrogen and oxygen atoms in total. The third kappa shape index (κ3) is 3.14. The summed E-state index contributed by atoms with van der Waals surface area (Å²) in [5.74, 6) is -0.500. The molecule has 0 fully saturated rings. The molecule has 2 aromatic carbocycles. The quantitative estimate of drug-likeness (QED) is 0.479. The van der Waals surface area contributed by atoms with Crippen LogP contribution in [-0.4, -0.2) is 35.1 Å². The first-order valence-electron chi connectivity index (χ1n) is 8.94.